The molecule has 2 aliphatic rings. The highest BCUT2D eigenvalue weighted by Crippen LogP contribution is 2.22. The predicted molar refractivity (Wildman–Crippen MR) is 119 cm³/mol. The van der Waals surface area contributed by atoms with Crippen LogP contribution < -0.4 is 15.5 Å². The summed E-state index contributed by atoms with van der Waals surface area (Å²) in [6.07, 6.45) is 4.04. The second kappa shape index (κ2) is 8.71. The lowest BCUT2D eigenvalue weighted by Gasteiger charge is -2.17. The van der Waals surface area contributed by atoms with Gasteiger partial charge in [-0.05, 0) is 60.9 Å². The quantitative estimate of drug-likeness (QED) is 0.518. The van der Waals surface area contributed by atoms with Crippen molar-refractivity contribution in [2.24, 2.45) is 0 Å². The molecule has 0 spiro atoms. The number of imide groups is 1. The first-order valence-corrected chi connectivity index (χ1v) is 10.5. The Morgan fingerprint density at radius 1 is 1.03 bits per heavy atom. The maximum Gasteiger partial charge on any atom is 0.329 e. The van der Waals surface area contributed by atoms with Crippen LogP contribution in [0.4, 0.5) is 16.2 Å². The molecule has 4 rings (SSSR count). The van der Waals surface area contributed by atoms with Crippen molar-refractivity contribution in [1.82, 2.24) is 10.2 Å². The van der Waals surface area contributed by atoms with Gasteiger partial charge < -0.3 is 15.5 Å². The molecule has 0 bridgehead atoms. The first-order chi connectivity index (χ1) is 14.5. The topological polar surface area (TPSA) is 81.8 Å². The molecule has 8 heteroatoms. The van der Waals surface area contributed by atoms with Gasteiger partial charge in [0, 0.05) is 28.9 Å². The molecule has 2 saturated heterocycles. The molecule has 0 saturated carbocycles. The fraction of sp³-hybridized carbons (Fsp3) is 0.227. The van der Waals surface area contributed by atoms with E-state index in [-0.39, 0.29) is 12.2 Å². The van der Waals surface area contributed by atoms with Gasteiger partial charge in [0.1, 0.15) is 12.2 Å². The van der Waals surface area contributed by atoms with Gasteiger partial charge in [0.05, 0.1) is 0 Å². The number of carbonyl (C=O) groups is 3. The predicted octanol–water partition coefficient (Wildman–Crippen LogP) is 3.58. The van der Waals surface area contributed by atoms with Gasteiger partial charge in [-0.2, -0.15) is 0 Å². The Balaban J connectivity index is 1.40. The number of amides is 4. The molecule has 0 atom stereocenters. The third-order valence-electron chi connectivity index (χ3n) is 5.07. The maximum atomic E-state index is 12.6. The lowest BCUT2D eigenvalue weighted by Crippen LogP contribution is -2.38. The third kappa shape index (κ3) is 4.54. The molecule has 0 aromatic heterocycles. The molecule has 2 fully saturated rings. The molecule has 4 amide bonds. The normalized spacial score (nSPS) is 17.6. The van der Waals surface area contributed by atoms with Gasteiger partial charge in [-0.3, -0.25) is 9.59 Å². The highest BCUT2D eigenvalue weighted by atomic mass is 79.9. The third-order valence-corrected chi connectivity index (χ3v) is 5.60. The van der Waals surface area contributed by atoms with Gasteiger partial charge in [-0.1, -0.05) is 28.1 Å². The van der Waals surface area contributed by atoms with Gasteiger partial charge in [-0.25, -0.2) is 9.69 Å². The van der Waals surface area contributed by atoms with E-state index in [0.717, 1.165) is 33.7 Å². The number of benzene rings is 2. The molecule has 2 aromatic rings. The van der Waals surface area contributed by atoms with E-state index in [0.29, 0.717) is 5.69 Å². The van der Waals surface area contributed by atoms with Gasteiger partial charge in [0.15, 0.2) is 0 Å². The average molecular weight is 469 g/mol. The van der Waals surface area contributed by atoms with E-state index in [1.54, 1.807) is 30.3 Å². The first-order valence-electron chi connectivity index (χ1n) is 9.74. The number of nitrogens with one attached hydrogen (secondary N) is 2. The molecule has 0 radical (unpaired) electrons. The molecule has 0 aliphatic carbocycles. The summed E-state index contributed by atoms with van der Waals surface area (Å²) in [6, 6.07) is 14.3. The van der Waals surface area contributed by atoms with Crippen molar-refractivity contribution in [2.75, 3.05) is 29.9 Å². The number of rotatable bonds is 5. The molecule has 30 heavy (non-hydrogen) atoms. The van der Waals surface area contributed by atoms with Crippen LogP contribution in [0.2, 0.25) is 0 Å². The van der Waals surface area contributed by atoms with Crippen LogP contribution in [0.5, 0.6) is 0 Å². The zero-order valence-corrected chi connectivity index (χ0v) is 17.8. The summed E-state index contributed by atoms with van der Waals surface area (Å²) in [7, 11) is 0. The smallest absolute Gasteiger partial charge is 0.329 e. The second-order valence-corrected chi connectivity index (χ2v) is 8.14. The van der Waals surface area contributed by atoms with Crippen LogP contribution in [-0.4, -0.2) is 42.4 Å². The largest absolute Gasteiger partial charge is 0.372 e. The van der Waals surface area contributed by atoms with Crippen LogP contribution in [0, 0.1) is 0 Å². The summed E-state index contributed by atoms with van der Waals surface area (Å²) in [5.74, 6) is -0.966. The summed E-state index contributed by atoms with van der Waals surface area (Å²) in [5.41, 5.74) is 2.71. The Bertz CT molecular complexity index is 996. The monoisotopic (exact) mass is 468 g/mol. The molecular weight excluding hydrogens is 448 g/mol. The van der Waals surface area contributed by atoms with Crippen molar-refractivity contribution < 1.29 is 14.4 Å². The zero-order valence-electron chi connectivity index (χ0n) is 16.2. The van der Waals surface area contributed by atoms with E-state index in [1.807, 2.05) is 24.3 Å². The van der Waals surface area contributed by atoms with Crippen molar-refractivity contribution in [1.29, 1.82) is 0 Å². The second-order valence-electron chi connectivity index (χ2n) is 7.22. The van der Waals surface area contributed by atoms with Gasteiger partial charge in [0.2, 0.25) is 5.91 Å². The van der Waals surface area contributed by atoms with E-state index < -0.39 is 17.8 Å². The number of halogens is 1. The maximum absolute atomic E-state index is 12.6. The molecule has 2 aromatic carbocycles. The van der Waals surface area contributed by atoms with Crippen LogP contribution in [0.25, 0.3) is 6.08 Å². The molecule has 2 N–H and O–H groups in total. The average Bonchev–Trinajstić information content (AvgIpc) is 3.35. The Morgan fingerprint density at radius 2 is 1.70 bits per heavy atom. The number of carbonyl (C=O) groups excluding carboxylic acids is 3. The zero-order chi connectivity index (χ0) is 21.1. The van der Waals surface area contributed by atoms with Crippen molar-refractivity contribution in [2.45, 2.75) is 12.8 Å². The minimum Gasteiger partial charge on any atom is -0.372 e. The highest BCUT2D eigenvalue weighted by molar-refractivity contribution is 9.10. The summed E-state index contributed by atoms with van der Waals surface area (Å²) in [5, 5.41) is 5.23. The van der Waals surface area contributed by atoms with Crippen molar-refractivity contribution in [3.63, 3.8) is 0 Å². The van der Waals surface area contributed by atoms with Crippen LogP contribution in [0.1, 0.15) is 18.4 Å². The molecule has 2 aliphatic heterocycles. The van der Waals surface area contributed by atoms with Crippen LogP contribution in [0.15, 0.2) is 58.7 Å². The number of nitrogens with zero attached hydrogens (tertiary/aromatic N) is 2. The molecular formula is C22H21BrN4O3. The minimum atomic E-state index is -0.606. The van der Waals surface area contributed by atoms with E-state index in [4.69, 9.17) is 0 Å². The number of anilines is 2. The fourth-order valence-electron chi connectivity index (χ4n) is 3.52. The molecule has 0 unspecified atom stereocenters. The Labute approximate surface area is 182 Å². The number of hydrogen-bond acceptors (Lipinski definition) is 4. The van der Waals surface area contributed by atoms with E-state index >= 15 is 0 Å². The van der Waals surface area contributed by atoms with Crippen LogP contribution in [-0.2, 0) is 9.59 Å². The van der Waals surface area contributed by atoms with Gasteiger partial charge in [-0.15, -0.1) is 0 Å². The molecule has 7 nitrogen and oxygen atoms in total. The van der Waals surface area contributed by atoms with E-state index in [9.17, 15) is 14.4 Å². The first kappa shape index (κ1) is 20.2. The summed E-state index contributed by atoms with van der Waals surface area (Å²) >= 11 is 3.33. The van der Waals surface area contributed by atoms with Crippen LogP contribution in [0.3, 0.4) is 0 Å². The molecule has 2 heterocycles. The Morgan fingerprint density at radius 3 is 2.37 bits per heavy atom. The van der Waals surface area contributed by atoms with Crippen molar-refractivity contribution >= 4 is 51.2 Å². The van der Waals surface area contributed by atoms with Crippen molar-refractivity contribution in [3.8, 4) is 0 Å². The number of hydrogen-bond donors (Lipinski definition) is 2. The highest BCUT2D eigenvalue weighted by Gasteiger charge is 2.34. The van der Waals surface area contributed by atoms with E-state index in [1.165, 1.54) is 12.8 Å². The van der Waals surface area contributed by atoms with Crippen molar-refractivity contribution in [3.05, 3.63) is 64.3 Å². The summed E-state index contributed by atoms with van der Waals surface area (Å²) in [6.45, 7) is 1.77. The minimum absolute atomic E-state index is 0.158. The lowest BCUT2D eigenvalue weighted by atomic mass is 10.1. The lowest BCUT2D eigenvalue weighted by molar-refractivity contribution is -0.127. The Kier molecular flexibility index (Phi) is 5.85. The van der Waals surface area contributed by atoms with Gasteiger partial charge in [0.25, 0.3) is 5.91 Å². The van der Waals surface area contributed by atoms with Gasteiger partial charge >= 0.3 is 6.03 Å². The van der Waals surface area contributed by atoms with E-state index in [2.05, 4.69) is 31.5 Å². The van der Waals surface area contributed by atoms with Crippen LogP contribution >= 0.6 is 15.9 Å². The SMILES string of the molecule is O=C(CN1C(=O)N/C(=C\c2ccc(N3CCCC3)cc2)C1=O)Nc1ccc(Br)cc1. The summed E-state index contributed by atoms with van der Waals surface area (Å²) < 4.78 is 0.887. The molecule has 154 valence electrons. The Hall–Kier alpha value is -3.13. The standard InChI is InChI=1S/C22H21BrN4O3/c23-16-5-7-17(8-6-16)24-20(28)14-27-21(29)19(25-22(27)30)13-15-3-9-18(10-4-15)26-11-1-2-12-26/h3-10,13H,1-2,11-12,14H2,(H,24,28)(H,25,30)/b19-13-. The summed E-state index contributed by atoms with van der Waals surface area (Å²) in [4.78, 5) is 40.3. The fourth-order valence-corrected chi connectivity index (χ4v) is 3.78. The number of urea groups is 1.